The molecule has 2 aromatic rings. The van der Waals surface area contributed by atoms with E-state index < -0.39 is 26.4 Å². The summed E-state index contributed by atoms with van der Waals surface area (Å²) in [5, 5.41) is 17.7. The van der Waals surface area contributed by atoms with E-state index in [0.29, 0.717) is 12.2 Å². The monoisotopic (exact) mass is 381 g/mol. The van der Waals surface area contributed by atoms with Gasteiger partial charge in [-0.3, -0.25) is 19.6 Å². The van der Waals surface area contributed by atoms with Crippen LogP contribution in [0.1, 0.15) is 10.4 Å². The number of nitro groups is 1. The number of non-ortho nitro benzene ring substituents is 1. The van der Waals surface area contributed by atoms with Crippen LogP contribution >= 0.6 is 0 Å². The Balaban J connectivity index is 2.24. The second-order valence-corrected chi connectivity index (χ2v) is 8.01. The van der Waals surface area contributed by atoms with Gasteiger partial charge in [0.1, 0.15) is 0 Å². The molecule has 0 radical (unpaired) electrons. The van der Waals surface area contributed by atoms with Gasteiger partial charge in [-0.25, -0.2) is 8.42 Å². The minimum Gasteiger partial charge on any atom is -0.319 e. The van der Waals surface area contributed by atoms with E-state index in [1.807, 2.05) is 19.0 Å². The number of likely N-dealkylation sites (N-methyl/N-ethyl adjacent to an activating group) is 1. The molecule has 0 saturated carbocycles. The van der Waals surface area contributed by atoms with Crippen molar-refractivity contribution in [2.45, 2.75) is 11.4 Å². The van der Waals surface area contributed by atoms with Crippen molar-refractivity contribution in [1.29, 1.82) is 0 Å². The number of hydrogen-bond donors (Lipinski definition) is 1. The van der Waals surface area contributed by atoms with Crippen LogP contribution in [0.2, 0.25) is 0 Å². The standard InChI is InChI=1S/C15H19N5O5S/c1-18(2)4-5-19-10-12(9-16-19)17-15(21)11-6-13(20(22)23)8-14(7-11)26(3,24)25/h6-10H,4-5H2,1-3H3,(H,17,21). The number of nitrogens with one attached hydrogen (secondary N) is 1. The fourth-order valence-corrected chi connectivity index (χ4v) is 2.77. The van der Waals surface area contributed by atoms with E-state index in [2.05, 4.69) is 10.4 Å². The van der Waals surface area contributed by atoms with Gasteiger partial charge in [-0.1, -0.05) is 0 Å². The number of rotatable bonds is 7. The van der Waals surface area contributed by atoms with Crippen molar-refractivity contribution in [3.63, 3.8) is 0 Å². The smallest absolute Gasteiger partial charge is 0.271 e. The maximum Gasteiger partial charge on any atom is 0.271 e. The van der Waals surface area contributed by atoms with Crippen LogP contribution in [0.3, 0.4) is 0 Å². The van der Waals surface area contributed by atoms with E-state index in [9.17, 15) is 23.3 Å². The molecule has 0 spiro atoms. The van der Waals surface area contributed by atoms with Crippen LogP contribution in [0, 0.1) is 10.1 Å². The van der Waals surface area contributed by atoms with Gasteiger partial charge >= 0.3 is 0 Å². The lowest BCUT2D eigenvalue weighted by molar-refractivity contribution is -0.385. The van der Waals surface area contributed by atoms with Crippen molar-refractivity contribution < 1.29 is 18.1 Å². The molecule has 10 nitrogen and oxygen atoms in total. The minimum absolute atomic E-state index is 0.124. The van der Waals surface area contributed by atoms with Crippen LogP contribution in [-0.2, 0) is 16.4 Å². The maximum atomic E-state index is 12.4. The summed E-state index contributed by atoms with van der Waals surface area (Å²) in [7, 11) is 0.144. The van der Waals surface area contributed by atoms with Crippen molar-refractivity contribution in [2.24, 2.45) is 0 Å². The van der Waals surface area contributed by atoms with Crippen molar-refractivity contribution in [3.05, 3.63) is 46.3 Å². The lowest BCUT2D eigenvalue weighted by Gasteiger charge is -2.08. The highest BCUT2D eigenvalue weighted by Gasteiger charge is 2.19. The first-order valence-electron chi connectivity index (χ1n) is 7.54. The lowest BCUT2D eigenvalue weighted by Crippen LogP contribution is -2.18. The van der Waals surface area contributed by atoms with Crippen LogP contribution in [0.5, 0.6) is 0 Å². The molecule has 0 fully saturated rings. The number of nitro benzene ring substituents is 1. The second kappa shape index (κ2) is 7.62. The van der Waals surface area contributed by atoms with Crippen molar-refractivity contribution in [1.82, 2.24) is 14.7 Å². The summed E-state index contributed by atoms with van der Waals surface area (Å²) in [6.07, 6.45) is 3.99. The maximum absolute atomic E-state index is 12.4. The summed E-state index contributed by atoms with van der Waals surface area (Å²) < 4.78 is 25.0. The number of hydrogen-bond acceptors (Lipinski definition) is 7. The quantitative estimate of drug-likeness (QED) is 0.560. The third-order valence-electron chi connectivity index (χ3n) is 3.46. The first-order chi connectivity index (χ1) is 12.1. The molecule has 0 aliphatic heterocycles. The topological polar surface area (TPSA) is 127 Å². The average Bonchev–Trinajstić information content (AvgIpc) is 2.99. The van der Waals surface area contributed by atoms with Crippen LogP contribution < -0.4 is 5.32 Å². The normalized spacial score (nSPS) is 11.5. The molecule has 0 unspecified atom stereocenters. The number of aromatic nitrogens is 2. The van der Waals surface area contributed by atoms with Gasteiger partial charge in [0.15, 0.2) is 9.84 Å². The van der Waals surface area contributed by atoms with Gasteiger partial charge in [-0.05, 0) is 20.2 Å². The van der Waals surface area contributed by atoms with Crippen molar-refractivity contribution in [2.75, 3.05) is 32.2 Å². The number of carbonyl (C=O) groups excluding carboxylic acids is 1. The zero-order chi connectivity index (χ0) is 19.5. The molecule has 1 amide bonds. The summed E-state index contributed by atoms with van der Waals surface area (Å²) in [5.41, 5.74) is -0.193. The Labute approximate surface area is 150 Å². The Kier molecular flexibility index (Phi) is 5.73. The summed E-state index contributed by atoms with van der Waals surface area (Å²) >= 11 is 0. The predicted molar refractivity (Wildman–Crippen MR) is 94.9 cm³/mol. The van der Waals surface area contributed by atoms with E-state index >= 15 is 0 Å². The SMILES string of the molecule is CN(C)CCn1cc(NC(=O)c2cc([N+](=O)[O-])cc(S(C)(=O)=O)c2)cn1. The fourth-order valence-electron chi connectivity index (χ4n) is 2.09. The third-order valence-corrected chi connectivity index (χ3v) is 4.55. The third kappa shape index (κ3) is 5.10. The molecule has 2 rings (SSSR count). The molecule has 140 valence electrons. The van der Waals surface area contributed by atoms with Gasteiger partial charge in [0, 0.05) is 36.7 Å². The highest BCUT2D eigenvalue weighted by atomic mass is 32.2. The molecule has 26 heavy (non-hydrogen) atoms. The predicted octanol–water partition coefficient (Wildman–Crippen LogP) is 1.01. The number of sulfone groups is 1. The van der Waals surface area contributed by atoms with Crippen LogP contribution in [0.15, 0.2) is 35.5 Å². The lowest BCUT2D eigenvalue weighted by atomic mass is 10.2. The van der Waals surface area contributed by atoms with E-state index in [-0.39, 0.29) is 10.5 Å². The molecular formula is C15H19N5O5S. The van der Waals surface area contributed by atoms with Gasteiger partial charge in [-0.15, -0.1) is 0 Å². The molecule has 0 bridgehead atoms. The van der Waals surface area contributed by atoms with Crippen LogP contribution in [0.25, 0.3) is 0 Å². The van der Waals surface area contributed by atoms with Gasteiger partial charge in [-0.2, -0.15) is 5.10 Å². The van der Waals surface area contributed by atoms with Gasteiger partial charge in [0.05, 0.1) is 28.2 Å². The van der Waals surface area contributed by atoms with Gasteiger partial charge in [0.2, 0.25) is 0 Å². The molecule has 1 heterocycles. The zero-order valence-electron chi connectivity index (χ0n) is 14.5. The number of carbonyl (C=O) groups is 1. The Morgan fingerprint density at radius 3 is 2.62 bits per heavy atom. The Morgan fingerprint density at radius 1 is 1.35 bits per heavy atom. The highest BCUT2D eigenvalue weighted by Crippen LogP contribution is 2.21. The molecule has 1 aromatic carbocycles. The molecule has 0 aliphatic carbocycles. The molecule has 11 heteroatoms. The van der Waals surface area contributed by atoms with E-state index in [1.54, 1.807) is 10.9 Å². The largest absolute Gasteiger partial charge is 0.319 e. The molecule has 0 saturated heterocycles. The first-order valence-corrected chi connectivity index (χ1v) is 9.43. The van der Waals surface area contributed by atoms with Crippen molar-refractivity contribution in [3.8, 4) is 0 Å². The van der Waals surface area contributed by atoms with Gasteiger partial charge in [0.25, 0.3) is 11.6 Å². The van der Waals surface area contributed by atoms with Crippen LogP contribution in [0.4, 0.5) is 11.4 Å². The Hall–Kier alpha value is -2.79. The molecule has 1 aromatic heterocycles. The molecule has 0 aliphatic rings. The fraction of sp³-hybridized carbons (Fsp3) is 0.333. The number of amides is 1. The number of benzene rings is 1. The average molecular weight is 381 g/mol. The number of anilines is 1. The van der Waals surface area contributed by atoms with Gasteiger partial charge < -0.3 is 10.2 Å². The molecule has 0 atom stereocenters. The van der Waals surface area contributed by atoms with Crippen molar-refractivity contribution >= 4 is 27.1 Å². The Morgan fingerprint density at radius 2 is 2.04 bits per heavy atom. The second-order valence-electron chi connectivity index (χ2n) is 5.99. The van der Waals surface area contributed by atoms with E-state index in [0.717, 1.165) is 31.0 Å². The summed E-state index contributed by atoms with van der Waals surface area (Å²) in [5.74, 6) is -0.661. The summed E-state index contributed by atoms with van der Waals surface area (Å²) in [6, 6.07) is 3.06. The highest BCUT2D eigenvalue weighted by molar-refractivity contribution is 7.90. The van der Waals surface area contributed by atoms with E-state index in [1.165, 1.54) is 6.20 Å². The Bertz CT molecular complexity index is 936. The summed E-state index contributed by atoms with van der Waals surface area (Å²) in [4.78, 5) is 24.3. The molecular weight excluding hydrogens is 362 g/mol. The van der Waals surface area contributed by atoms with E-state index in [4.69, 9.17) is 0 Å². The minimum atomic E-state index is -3.70. The summed E-state index contributed by atoms with van der Waals surface area (Å²) in [6.45, 7) is 1.38. The molecule has 1 N–H and O–H groups in total. The first kappa shape index (κ1) is 19.5. The number of nitrogens with zero attached hydrogens (tertiary/aromatic N) is 4. The zero-order valence-corrected chi connectivity index (χ0v) is 15.4. The van der Waals surface area contributed by atoms with Crippen LogP contribution in [-0.4, -0.2) is 60.8 Å².